The lowest BCUT2D eigenvalue weighted by molar-refractivity contribution is 0.191. The van der Waals surface area contributed by atoms with Crippen molar-refractivity contribution in [3.63, 3.8) is 0 Å². The molecule has 0 amide bonds. The van der Waals surface area contributed by atoms with E-state index in [1.54, 1.807) is 0 Å². The van der Waals surface area contributed by atoms with Gasteiger partial charge in [-0.25, -0.2) is 0 Å². The lowest BCUT2D eigenvalue weighted by Gasteiger charge is -2.33. The van der Waals surface area contributed by atoms with Crippen LogP contribution in [0.3, 0.4) is 0 Å². The predicted octanol–water partition coefficient (Wildman–Crippen LogP) is 3.74. The molecule has 3 rings (SSSR count). The Labute approximate surface area is 117 Å². The van der Waals surface area contributed by atoms with Crippen molar-refractivity contribution in [2.75, 3.05) is 6.54 Å². The Morgan fingerprint density at radius 1 is 1.37 bits per heavy atom. The Bertz CT molecular complexity index is 624. The molecule has 0 aliphatic carbocycles. The van der Waals surface area contributed by atoms with Crippen LogP contribution in [-0.4, -0.2) is 11.4 Å². The number of benzene rings is 1. The van der Waals surface area contributed by atoms with Crippen molar-refractivity contribution < 1.29 is 0 Å². The van der Waals surface area contributed by atoms with Gasteiger partial charge in [0, 0.05) is 24.0 Å². The molecule has 1 aliphatic heterocycles. The summed E-state index contributed by atoms with van der Waals surface area (Å²) in [5.74, 6) is 0. The smallest absolute Gasteiger partial charge is 0.0995 e. The first-order chi connectivity index (χ1) is 9.29. The molecular weight excluding hydrogens is 252 g/mol. The van der Waals surface area contributed by atoms with Crippen molar-refractivity contribution in [2.24, 2.45) is 0 Å². The largest absolute Gasteiger partial charge is 0.292 e. The van der Waals surface area contributed by atoms with Gasteiger partial charge in [0.1, 0.15) is 0 Å². The molecular formula is C16H16N2S. The number of nitriles is 1. The third kappa shape index (κ3) is 2.30. The summed E-state index contributed by atoms with van der Waals surface area (Å²) in [6.07, 6.45) is 1.13. The van der Waals surface area contributed by atoms with Gasteiger partial charge in [-0.2, -0.15) is 5.26 Å². The quantitative estimate of drug-likeness (QED) is 0.829. The van der Waals surface area contributed by atoms with Crippen molar-refractivity contribution in [3.8, 4) is 6.07 Å². The van der Waals surface area contributed by atoms with Crippen molar-refractivity contribution in [1.29, 1.82) is 5.26 Å². The van der Waals surface area contributed by atoms with Gasteiger partial charge in [0.25, 0.3) is 0 Å². The van der Waals surface area contributed by atoms with Crippen LogP contribution in [0.15, 0.2) is 35.7 Å². The topological polar surface area (TPSA) is 27.0 Å². The summed E-state index contributed by atoms with van der Waals surface area (Å²) in [7, 11) is 0. The van der Waals surface area contributed by atoms with Crippen molar-refractivity contribution in [1.82, 2.24) is 4.90 Å². The number of hydrogen-bond acceptors (Lipinski definition) is 3. The van der Waals surface area contributed by atoms with E-state index in [1.165, 1.54) is 10.4 Å². The average Bonchev–Trinajstić information content (AvgIpc) is 2.92. The van der Waals surface area contributed by atoms with E-state index in [1.807, 2.05) is 29.5 Å². The van der Waals surface area contributed by atoms with Gasteiger partial charge in [0.05, 0.1) is 11.6 Å². The third-order valence-electron chi connectivity index (χ3n) is 3.92. The maximum Gasteiger partial charge on any atom is 0.0995 e. The normalized spacial score (nSPS) is 18.8. The fourth-order valence-electron chi connectivity index (χ4n) is 2.76. The van der Waals surface area contributed by atoms with Gasteiger partial charge in [-0.1, -0.05) is 18.2 Å². The van der Waals surface area contributed by atoms with Crippen LogP contribution in [0.25, 0.3) is 0 Å². The van der Waals surface area contributed by atoms with Crippen molar-refractivity contribution >= 4 is 11.3 Å². The molecule has 1 atom stereocenters. The third-order valence-corrected chi connectivity index (χ3v) is 4.91. The summed E-state index contributed by atoms with van der Waals surface area (Å²) in [4.78, 5) is 3.99. The van der Waals surface area contributed by atoms with E-state index >= 15 is 0 Å². The van der Waals surface area contributed by atoms with Crippen LogP contribution < -0.4 is 0 Å². The summed E-state index contributed by atoms with van der Waals surface area (Å²) in [6.45, 7) is 4.20. The van der Waals surface area contributed by atoms with Crippen LogP contribution in [0.1, 0.15) is 34.5 Å². The fourth-order valence-corrected chi connectivity index (χ4v) is 3.73. The summed E-state index contributed by atoms with van der Waals surface area (Å²) < 4.78 is 0. The van der Waals surface area contributed by atoms with Gasteiger partial charge >= 0.3 is 0 Å². The summed E-state index contributed by atoms with van der Waals surface area (Å²) in [5.41, 5.74) is 3.40. The molecule has 0 fully saturated rings. The van der Waals surface area contributed by atoms with Crippen LogP contribution in [0.4, 0.5) is 0 Å². The highest BCUT2D eigenvalue weighted by molar-refractivity contribution is 7.10. The Kier molecular flexibility index (Phi) is 3.37. The highest BCUT2D eigenvalue weighted by Crippen LogP contribution is 2.33. The molecule has 1 aliphatic rings. The van der Waals surface area contributed by atoms with Crippen molar-refractivity contribution in [3.05, 3.63) is 57.3 Å². The van der Waals surface area contributed by atoms with Crippen LogP contribution in [0.2, 0.25) is 0 Å². The Hall–Kier alpha value is -1.63. The molecule has 2 heterocycles. The van der Waals surface area contributed by atoms with Crippen LogP contribution >= 0.6 is 11.3 Å². The molecule has 0 saturated carbocycles. The Morgan fingerprint density at radius 2 is 2.21 bits per heavy atom. The molecule has 3 heteroatoms. The number of nitrogens with zero attached hydrogens (tertiary/aromatic N) is 2. The lowest BCUT2D eigenvalue weighted by atomic mass is 9.99. The second-order valence-electron chi connectivity index (χ2n) is 4.96. The monoisotopic (exact) mass is 268 g/mol. The predicted molar refractivity (Wildman–Crippen MR) is 78.0 cm³/mol. The molecule has 2 aromatic rings. The Balaban J connectivity index is 1.84. The van der Waals surface area contributed by atoms with E-state index < -0.39 is 0 Å². The molecule has 0 radical (unpaired) electrons. The van der Waals surface area contributed by atoms with E-state index in [0.717, 1.165) is 30.6 Å². The molecule has 0 bridgehead atoms. The number of thiophene rings is 1. The number of rotatable bonds is 2. The molecule has 96 valence electrons. The zero-order valence-corrected chi connectivity index (χ0v) is 11.8. The standard InChI is InChI=1S/C16H16N2S/c1-12-15-7-9-19-16(15)6-8-18(12)11-14-5-3-2-4-13(14)10-17/h2-5,7,9,12H,6,8,11H2,1H3. The summed E-state index contributed by atoms with van der Waals surface area (Å²) >= 11 is 1.87. The van der Waals surface area contributed by atoms with Crippen LogP contribution in [-0.2, 0) is 13.0 Å². The van der Waals surface area contributed by atoms with E-state index in [9.17, 15) is 5.26 Å². The number of hydrogen-bond donors (Lipinski definition) is 0. The second-order valence-corrected chi connectivity index (χ2v) is 5.97. The van der Waals surface area contributed by atoms with Gasteiger partial charge in [-0.3, -0.25) is 4.90 Å². The van der Waals surface area contributed by atoms with Gasteiger partial charge in [0.2, 0.25) is 0 Å². The van der Waals surface area contributed by atoms with Gasteiger partial charge in [0.15, 0.2) is 0 Å². The highest BCUT2D eigenvalue weighted by Gasteiger charge is 2.24. The first-order valence-electron chi connectivity index (χ1n) is 6.58. The van der Waals surface area contributed by atoms with Crippen molar-refractivity contribution in [2.45, 2.75) is 25.9 Å². The minimum Gasteiger partial charge on any atom is -0.292 e. The molecule has 19 heavy (non-hydrogen) atoms. The van der Waals surface area contributed by atoms with E-state index in [-0.39, 0.29) is 0 Å². The van der Waals surface area contributed by atoms with Gasteiger partial charge in [-0.05, 0) is 42.0 Å². The fraction of sp³-hybridized carbons (Fsp3) is 0.312. The molecule has 1 aromatic heterocycles. The minimum absolute atomic E-state index is 0.446. The SMILES string of the molecule is CC1c2ccsc2CCN1Cc1ccccc1C#N. The molecule has 1 unspecified atom stereocenters. The zero-order chi connectivity index (χ0) is 13.2. The first-order valence-corrected chi connectivity index (χ1v) is 7.46. The zero-order valence-electron chi connectivity index (χ0n) is 11.0. The maximum absolute atomic E-state index is 9.17. The average molecular weight is 268 g/mol. The molecule has 1 aromatic carbocycles. The molecule has 0 saturated heterocycles. The van der Waals surface area contributed by atoms with Gasteiger partial charge < -0.3 is 0 Å². The van der Waals surface area contributed by atoms with E-state index in [2.05, 4.69) is 35.4 Å². The molecule has 0 N–H and O–H groups in total. The van der Waals surface area contributed by atoms with E-state index in [4.69, 9.17) is 0 Å². The minimum atomic E-state index is 0.446. The lowest BCUT2D eigenvalue weighted by Crippen LogP contribution is -2.32. The maximum atomic E-state index is 9.17. The molecule has 2 nitrogen and oxygen atoms in total. The van der Waals surface area contributed by atoms with E-state index in [0.29, 0.717) is 6.04 Å². The van der Waals surface area contributed by atoms with Gasteiger partial charge in [-0.15, -0.1) is 11.3 Å². The Morgan fingerprint density at radius 3 is 3.05 bits per heavy atom. The number of fused-ring (bicyclic) bond motifs is 1. The molecule has 0 spiro atoms. The summed E-state index contributed by atoms with van der Waals surface area (Å²) in [6, 6.07) is 12.9. The first kappa shape index (κ1) is 12.4. The van der Waals surface area contributed by atoms with Crippen LogP contribution in [0, 0.1) is 11.3 Å². The second kappa shape index (κ2) is 5.16. The van der Waals surface area contributed by atoms with Crippen LogP contribution in [0.5, 0.6) is 0 Å². The highest BCUT2D eigenvalue weighted by atomic mass is 32.1. The summed E-state index contributed by atoms with van der Waals surface area (Å²) in [5, 5.41) is 11.4.